The van der Waals surface area contributed by atoms with Gasteiger partial charge in [-0.15, -0.1) is 0 Å². The van der Waals surface area contributed by atoms with Gasteiger partial charge >= 0.3 is 0 Å². The summed E-state index contributed by atoms with van der Waals surface area (Å²) in [5, 5.41) is 11.5. The summed E-state index contributed by atoms with van der Waals surface area (Å²) < 4.78 is 0. The zero-order valence-electron chi connectivity index (χ0n) is 11.8. The Morgan fingerprint density at radius 2 is 1.35 bits per heavy atom. The molecule has 0 spiro atoms. The Morgan fingerprint density at radius 1 is 0.850 bits per heavy atom. The van der Waals surface area contributed by atoms with Gasteiger partial charge in [-0.05, 0) is 40.3 Å². The molecule has 3 heteroatoms. The maximum Gasteiger partial charge on any atom is 0.104 e. The highest BCUT2D eigenvalue weighted by atomic mass is 35.5. The average Bonchev–Trinajstić information content (AvgIpc) is 2.36. The van der Waals surface area contributed by atoms with Crippen LogP contribution in [-0.4, -0.2) is 5.11 Å². The molecule has 1 unspecified atom stereocenters. The van der Waals surface area contributed by atoms with Crippen LogP contribution in [0.4, 0.5) is 0 Å². The Balaban J connectivity index is 2.31. The van der Waals surface area contributed by atoms with E-state index in [1.54, 1.807) is 18.2 Å². The van der Waals surface area contributed by atoms with Crippen molar-refractivity contribution in [1.29, 1.82) is 0 Å². The van der Waals surface area contributed by atoms with Crippen LogP contribution < -0.4 is 0 Å². The average molecular weight is 309 g/mol. The number of rotatable bonds is 2. The van der Waals surface area contributed by atoms with Crippen LogP contribution in [0.25, 0.3) is 0 Å². The van der Waals surface area contributed by atoms with E-state index in [9.17, 15) is 5.11 Å². The summed E-state index contributed by atoms with van der Waals surface area (Å²) in [5.74, 6) is 0. The molecule has 20 heavy (non-hydrogen) atoms. The second-order valence-corrected chi connectivity index (χ2v) is 6.85. The first-order valence-corrected chi connectivity index (χ1v) is 7.27. The fraction of sp³-hybridized carbons (Fsp3) is 0.294. The van der Waals surface area contributed by atoms with Crippen LogP contribution in [0.15, 0.2) is 42.5 Å². The number of hydrogen-bond donors (Lipinski definition) is 1. The van der Waals surface area contributed by atoms with Crippen molar-refractivity contribution in [2.75, 3.05) is 0 Å². The third kappa shape index (κ3) is 3.54. The van der Waals surface area contributed by atoms with E-state index in [0.717, 1.165) is 5.56 Å². The maximum atomic E-state index is 10.4. The Labute approximate surface area is 130 Å². The Hall–Kier alpha value is -1.02. The molecule has 1 nitrogen and oxygen atoms in total. The molecular formula is C17H18Cl2O. The molecule has 0 amide bonds. The molecule has 106 valence electrons. The summed E-state index contributed by atoms with van der Waals surface area (Å²) in [6.45, 7) is 6.49. The fourth-order valence-electron chi connectivity index (χ4n) is 2.09. The zero-order valence-corrected chi connectivity index (χ0v) is 13.3. The van der Waals surface area contributed by atoms with Gasteiger partial charge in [0, 0.05) is 10.0 Å². The van der Waals surface area contributed by atoms with Crippen molar-refractivity contribution in [3.63, 3.8) is 0 Å². The molecule has 0 aliphatic carbocycles. The molecule has 0 saturated carbocycles. The van der Waals surface area contributed by atoms with E-state index in [0.29, 0.717) is 15.6 Å². The number of halogens is 2. The molecule has 0 bridgehead atoms. The van der Waals surface area contributed by atoms with E-state index in [1.807, 2.05) is 24.3 Å². The maximum absolute atomic E-state index is 10.4. The number of aliphatic hydroxyl groups excluding tert-OH is 1. The van der Waals surface area contributed by atoms with Crippen molar-refractivity contribution in [2.45, 2.75) is 32.3 Å². The van der Waals surface area contributed by atoms with Crippen LogP contribution in [0, 0.1) is 0 Å². The van der Waals surface area contributed by atoms with E-state index < -0.39 is 6.10 Å². The molecule has 0 heterocycles. The standard InChI is InChI=1S/C17H18Cl2O/c1-17(2,3)13-6-4-11(5-7-13)16(20)12-8-14(18)10-15(19)9-12/h4-10,16,20H,1-3H3. The lowest BCUT2D eigenvalue weighted by Crippen LogP contribution is -2.11. The van der Waals surface area contributed by atoms with Crippen LogP contribution >= 0.6 is 23.2 Å². The first-order valence-electron chi connectivity index (χ1n) is 6.52. The molecule has 0 aliphatic rings. The smallest absolute Gasteiger partial charge is 0.104 e. The van der Waals surface area contributed by atoms with Gasteiger partial charge in [-0.3, -0.25) is 0 Å². The van der Waals surface area contributed by atoms with Gasteiger partial charge in [-0.1, -0.05) is 68.2 Å². The normalized spacial score (nSPS) is 13.3. The summed E-state index contributed by atoms with van der Waals surface area (Å²) >= 11 is 11.9. The van der Waals surface area contributed by atoms with E-state index in [-0.39, 0.29) is 5.41 Å². The van der Waals surface area contributed by atoms with Gasteiger partial charge < -0.3 is 5.11 Å². The predicted octanol–water partition coefficient (Wildman–Crippen LogP) is 5.37. The molecule has 0 aromatic heterocycles. The van der Waals surface area contributed by atoms with Crippen molar-refractivity contribution >= 4 is 23.2 Å². The van der Waals surface area contributed by atoms with Gasteiger partial charge in [0.05, 0.1) is 0 Å². The lowest BCUT2D eigenvalue weighted by Gasteiger charge is -2.20. The van der Waals surface area contributed by atoms with E-state index >= 15 is 0 Å². The van der Waals surface area contributed by atoms with E-state index in [2.05, 4.69) is 20.8 Å². The van der Waals surface area contributed by atoms with Gasteiger partial charge in [0.2, 0.25) is 0 Å². The summed E-state index contributed by atoms with van der Waals surface area (Å²) in [7, 11) is 0. The summed E-state index contributed by atoms with van der Waals surface area (Å²) in [4.78, 5) is 0. The Bertz CT molecular complexity index is 577. The third-order valence-corrected chi connectivity index (χ3v) is 3.73. The number of hydrogen-bond acceptors (Lipinski definition) is 1. The molecule has 1 N–H and O–H groups in total. The van der Waals surface area contributed by atoms with Gasteiger partial charge in [0.1, 0.15) is 6.10 Å². The molecule has 0 radical (unpaired) electrons. The number of aliphatic hydroxyl groups is 1. The lowest BCUT2D eigenvalue weighted by molar-refractivity contribution is 0.220. The zero-order chi connectivity index (χ0) is 14.9. The highest BCUT2D eigenvalue weighted by Crippen LogP contribution is 2.29. The molecule has 2 aromatic carbocycles. The van der Waals surface area contributed by atoms with Crippen LogP contribution in [0.1, 0.15) is 43.6 Å². The second-order valence-electron chi connectivity index (χ2n) is 5.98. The topological polar surface area (TPSA) is 20.2 Å². The third-order valence-electron chi connectivity index (χ3n) is 3.29. The minimum absolute atomic E-state index is 0.100. The predicted molar refractivity (Wildman–Crippen MR) is 85.7 cm³/mol. The SMILES string of the molecule is CC(C)(C)c1ccc(C(O)c2cc(Cl)cc(Cl)c2)cc1. The molecule has 0 saturated heterocycles. The van der Waals surface area contributed by atoms with Crippen molar-refractivity contribution in [1.82, 2.24) is 0 Å². The van der Waals surface area contributed by atoms with Crippen molar-refractivity contribution in [3.05, 3.63) is 69.2 Å². The molecule has 0 fully saturated rings. The molecule has 1 atom stereocenters. The first kappa shape index (κ1) is 15.4. The molecule has 2 rings (SSSR count). The monoisotopic (exact) mass is 308 g/mol. The first-order chi connectivity index (χ1) is 9.27. The fourth-order valence-corrected chi connectivity index (χ4v) is 2.63. The highest BCUT2D eigenvalue weighted by molar-refractivity contribution is 6.34. The van der Waals surface area contributed by atoms with Crippen molar-refractivity contribution in [3.8, 4) is 0 Å². The minimum atomic E-state index is -0.722. The van der Waals surface area contributed by atoms with Crippen LogP contribution in [-0.2, 0) is 5.41 Å². The minimum Gasteiger partial charge on any atom is -0.384 e. The Morgan fingerprint density at radius 3 is 1.80 bits per heavy atom. The second kappa shape index (κ2) is 5.77. The van der Waals surface area contributed by atoms with Crippen molar-refractivity contribution < 1.29 is 5.11 Å². The van der Waals surface area contributed by atoms with E-state index in [1.165, 1.54) is 5.56 Å². The van der Waals surface area contributed by atoms with Gasteiger partial charge in [0.25, 0.3) is 0 Å². The molecule has 0 aliphatic heterocycles. The Kier molecular flexibility index (Phi) is 4.43. The van der Waals surface area contributed by atoms with Crippen LogP contribution in [0.2, 0.25) is 10.0 Å². The van der Waals surface area contributed by atoms with Crippen LogP contribution in [0.3, 0.4) is 0 Å². The lowest BCUT2D eigenvalue weighted by atomic mass is 9.86. The van der Waals surface area contributed by atoms with E-state index in [4.69, 9.17) is 23.2 Å². The summed E-state index contributed by atoms with van der Waals surface area (Å²) in [5.41, 5.74) is 2.86. The van der Waals surface area contributed by atoms with Gasteiger partial charge in [0.15, 0.2) is 0 Å². The summed E-state index contributed by atoms with van der Waals surface area (Å²) in [6, 6.07) is 13.1. The quantitative estimate of drug-likeness (QED) is 0.790. The number of benzene rings is 2. The van der Waals surface area contributed by atoms with Gasteiger partial charge in [-0.25, -0.2) is 0 Å². The highest BCUT2D eigenvalue weighted by Gasteiger charge is 2.16. The largest absolute Gasteiger partial charge is 0.384 e. The van der Waals surface area contributed by atoms with Crippen LogP contribution in [0.5, 0.6) is 0 Å². The molecular weight excluding hydrogens is 291 g/mol. The van der Waals surface area contributed by atoms with Crippen molar-refractivity contribution in [2.24, 2.45) is 0 Å². The molecule has 2 aromatic rings. The van der Waals surface area contributed by atoms with Gasteiger partial charge in [-0.2, -0.15) is 0 Å². The summed E-state index contributed by atoms with van der Waals surface area (Å²) in [6.07, 6.45) is -0.722.